The number of nitrogens with zero attached hydrogens (tertiary/aromatic N) is 1. The minimum Gasteiger partial charge on any atom is -0.359 e. The number of halogens is 1. The number of anilines is 1. The second kappa shape index (κ2) is 11.9. The van der Waals surface area contributed by atoms with Gasteiger partial charge in [-0.2, -0.15) is 0 Å². The Morgan fingerprint density at radius 3 is 2.76 bits per heavy atom. The topological polar surface area (TPSA) is 108 Å². The first-order chi connectivity index (χ1) is 16.3. The van der Waals surface area contributed by atoms with Crippen LogP contribution in [0.15, 0.2) is 41.3 Å². The van der Waals surface area contributed by atoms with Gasteiger partial charge in [-0.3, -0.25) is 9.59 Å². The first-order valence-corrected chi connectivity index (χ1v) is 12.2. The van der Waals surface area contributed by atoms with Gasteiger partial charge in [-0.05, 0) is 48.7 Å². The number of fused-ring (bicyclic) bond motifs is 1. The number of hydrogen-bond donors (Lipinski definition) is 3. The van der Waals surface area contributed by atoms with Gasteiger partial charge in [0.1, 0.15) is 6.29 Å². The van der Waals surface area contributed by atoms with Crippen molar-refractivity contribution >= 4 is 53.2 Å². The van der Waals surface area contributed by atoms with Gasteiger partial charge in [0, 0.05) is 53.5 Å². The third kappa shape index (κ3) is 6.30. The summed E-state index contributed by atoms with van der Waals surface area (Å²) in [6.45, 7) is 2.62. The molecule has 0 radical (unpaired) electrons. The van der Waals surface area contributed by atoms with Crippen molar-refractivity contribution in [2.24, 2.45) is 0 Å². The van der Waals surface area contributed by atoms with E-state index in [-0.39, 0.29) is 30.7 Å². The fraction of sp³-hybridized carbons (Fsp3) is 0.333. The van der Waals surface area contributed by atoms with Crippen LogP contribution in [0.25, 0.3) is 0 Å². The normalized spacial score (nSPS) is 13.3. The summed E-state index contributed by atoms with van der Waals surface area (Å²) in [6.07, 6.45) is 1.17. The van der Waals surface area contributed by atoms with E-state index >= 15 is 0 Å². The molecule has 34 heavy (non-hydrogen) atoms. The van der Waals surface area contributed by atoms with Crippen LogP contribution in [-0.4, -0.2) is 54.4 Å². The summed E-state index contributed by atoms with van der Waals surface area (Å²) < 4.78 is 0. The van der Waals surface area contributed by atoms with Crippen molar-refractivity contribution in [1.29, 1.82) is 0 Å². The van der Waals surface area contributed by atoms with E-state index in [1.165, 1.54) is 23.7 Å². The predicted molar refractivity (Wildman–Crippen MR) is 133 cm³/mol. The molecule has 2 aromatic carbocycles. The van der Waals surface area contributed by atoms with Crippen molar-refractivity contribution in [2.75, 3.05) is 24.7 Å². The molecule has 1 atom stereocenters. The van der Waals surface area contributed by atoms with Crippen LogP contribution in [0.4, 0.5) is 10.5 Å². The van der Waals surface area contributed by atoms with Gasteiger partial charge >= 0.3 is 6.03 Å². The van der Waals surface area contributed by atoms with E-state index in [1.807, 2.05) is 25.1 Å². The van der Waals surface area contributed by atoms with E-state index in [1.54, 1.807) is 18.2 Å². The quantitative estimate of drug-likeness (QED) is 0.261. The monoisotopic (exact) mass is 502 g/mol. The summed E-state index contributed by atoms with van der Waals surface area (Å²) in [6, 6.07) is 9.82. The minimum absolute atomic E-state index is 0.171. The fourth-order valence-electron chi connectivity index (χ4n) is 3.60. The molecule has 1 unspecified atom stereocenters. The van der Waals surface area contributed by atoms with E-state index in [0.717, 1.165) is 22.3 Å². The number of hydrogen-bond acceptors (Lipinski definition) is 5. The molecule has 1 aliphatic heterocycles. The Morgan fingerprint density at radius 2 is 2.06 bits per heavy atom. The molecule has 3 rings (SSSR count). The number of benzene rings is 2. The van der Waals surface area contributed by atoms with Crippen LogP contribution in [0.3, 0.4) is 0 Å². The molecule has 0 saturated carbocycles. The zero-order valence-corrected chi connectivity index (χ0v) is 20.6. The Balaban J connectivity index is 1.53. The molecular formula is C24H27ClN4O4S. The molecule has 0 aliphatic carbocycles. The highest BCUT2D eigenvalue weighted by Gasteiger charge is 2.34. The van der Waals surface area contributed by atoms with E-state index in [0.29, 0.717) is 35.1 Å². The number of aldehydes is 1. The van der Waals surface area contributed by atoms with Crippen molar-refractivity contribution in [3.05, 3.63) is 58.1 Å². The minimum atomic E-state index is -0.657. The largest absolute Gasteiger partial charge is 0.359 e. The predicted octanol–water partition coefficient (Wildman–Crippen LogP) is 3.61. The van der Waals surface area contributed by atoms with Crippen molar-refractivity contribution in [3.8, 4) is 0 Å². The molecule has 3 N–H and O–H groups in total. The van der Waals surface area contributed by atoms with E-state index in [4.69, 9.17) is 11.6 Å². The molecule has 10 heteroatoms. The van der Waals surface area contributed by atoms with Crippen LogP contribution < -0.4 is 16.0 Å². The molecule has 1 heterocycles. The number of carbonyl (C=O) groups is 4. The van der Waals surface area contributed by atoms with Crippen molar-refractivity contribution < 1.29 is 19.2 Å². The maximum absolute atomic E-state index is 12.9. The number of thioether (sulfide) groups is 1. The van der Waals surface area contributed by atoms with Gasteiger partial charge in [-0.25, -0.2) is 4.79 Å². The lowest BCUT2D eigenvalue weighted by Crippen LogP contribution is -2.37. The molecule has 8 nitrogen and oxygen atoms in total. The Kier molecular flexibility index (Phi) is 8.95. The summed E-state index contributed by atoms with van der Waals surface area (Å²) in [5.74, 6) is 0.218. The van der Waals surface area contributed by atoms with Gasteiger partial charge < -0.3 is 25.6 Å². The molecular weight excluding hydrogens is 476 g/mol. The van der Waals surface area contributed by atoms with Gasteiger partial charge in [-0.1, -0.05) is 23.7 Å². The standard InChI is InChI=1S/C24H27ClN4O4S/c1-15-6-7-16(12-20(15)25)28-24(33)27-10-11-34-21-5-3-4-18-19(21)13-29(23(18)32)17(14-30)8-9-22(31)26-2/h3-7,12,14,17H,8-11,13H2,1-2H3,(H,26,31)(H2,27,28,33). The number of carbonyl (C=O) groups excluding carboxylic acids is 4. The van der Waals surface area contributed by atoms with Crippen LogP contribution in [0.2, 0.25) is 5.02 Å². The molecule has 2 aromatic rings. The second-order valence-electron chi connectivity index (χ2n) is 7.82. The Bertz CT molecular complexity index is 1090. The van der Waals surface area contributed by atoms with Gasteiger partial charge in [0.15, 0.2) is 0 Å². The van der Waals surface area contributed by atoms with Crippen LogP contribution in [-0.2, 0) is 16.1 Å². The molecule has 0 saturated heterocycles. The zero-order chi connectivity index (χ0) is 24.7. The number of aryl methyl sites for hydroxylation is 1. The highest BCUT2D eigenvalue weighted by Crippen LogP contribution is 2.33. The Hall–Kier alpha value is -3.04. The molecule has 0 fully saturated rings. The summed E-state index contributed by atoms with van der Waals surface area (Å²) in [5.41, 5.74) is 2.98. The lowest BCUT2D eigenvalue weighted by Gasteiger charge is -2.22. The van der Waals surface area contributed by atoms with Gasteiger partial charge in [0.2, 0.25) is 5.91 Å². The molecule has 0 bridgehead atoms. The average molecular weight is 503 g/mol. The van der Waals surface area contributed by atoms with Gasteiger partial charge in [0.05, 0.1) is 6.04 Å². The van der Waals surface area contributed by atoms with E-state index < -0.39 is 6.04 Å². The van der Waals surface area contributed by atoms with Crippen molar-refractivity contribution in [2.45, 2.75) is 37.2 Å². The van der Waals surface area contributed by atoms with Crippen molar-refractivity contribution in [1.82, 2.24) is 15.5 Å². The number of nitrogens with one attached hydrogen (secondary N) is 3. The maximum Gasteiger partial charge on any atom is 0.319 e. The first-order valence-electron chi connectivity index (χ1n) is 10.9. The lowest BCUT2D eigenvalue weighted by atomic mass is 10.1. The number of rotatable bonds is 10. The molecule has 4 amide bonds. The summed E-state index contributed by atoms with van der Waals surface area (Å²) >= 11 is 7.61. The average Bonchev–Trinajstić information content (AvgIpc) is 3.16. The SMILES string of the molecule is CNC(=O)CCC(C=O)N1Cc2c(SCCNC(=O)Nc3ccc(C)c(Cl)c3)cccc2C1=O. The maximum atomic E-state index is 12.9. The third-order valence-corrected chi connectivity index (χ3v) is 7.04. The van der Waals surface area contributed by atoms with E-state index in [9.17, 15) is 19.2 Å². The molecule has 0 aromatic heterocycles. The summed E-state index contributed by atoms with van der Waals surface area (Å²) in [7, 11) is 1.54. The van der Waals surface area contributed by atoms with Crippen LogP contribution >= 0.6 is 23.4 Å². The molecule has 0 spiro atoms. The zero-order valence-electron chi connectivity index (χ0n) is 19.0. The first kappa shape index (κ1) is 25.6. The van der Waals surface area contributed by atoms with Crippen LogP contribution in [0, 0.1) is 6.92 Å². The second-order valence-corrected chi connectivity index (χ2v) is 9.37. The smallest absolute Gasteiger partial charge is 0.319 e. The summed E-state index contributed by atoms with van der Waals surface area (Å²) in [4.78, 5) is 50.7. The van der Waals surface area contributed by atoms with E-state index in [2.05, 4.69) is 16.0 Å². The van der Waals surface area contributed by atoms with Crippen LogP contribution in [0.5, 0.6) is 0 Å². The fourth-order valence-corrected chi connectivity index (χ4v) is 4.73. The highest BCUT2D eigenvalue weighted by molar-refractivity contribution is 7.99. The van der Waals surface area contributed by atoms with Gasteiger partial charge in [-0.15, -0.1) is 11.8 Å². The Labute approximate surface area is 207 Å². The Morgan fingerprint density at radius 1 is 1.26 bits per heavy atom. The number of amides is 4. The summed E-state index contributed by atoms with van der Waals surface area (Å²) in [5, 5.41) is 8.66. The highest BCUT2D eigenvalue weighted by atomic mass is 35.5. The van der Waals surface area contributed by atoms with Gasteiger partial charge in [0.25, 0.3) is 5.91 Å². The van der Waals surface area contributed by atoms with Crippen LogP contribution in [0.1, 0.15) is 34.3 Å². The molecule has 1 aliphatic rings. The van der Waals surface area contributed by atoms with Crippen molar-refractivity contribution in [3.63, 3.8) is 0 Å². The third-order valence-electron chi connectivity index (χ3n) is 5.53. The molecule has 180 valence electrons. The number of urea groups is 1. The lowest BCUT2D eigenvalue weighted by molar-refractivity contribution is -0.121.